The number of phenolic OH excluding ortho intramolecular Hbond substituents is 1. The van der Waals surface area contributed by atoms with Gasteiger partial charge in [0.15, 0.2) is 11.5 Å². The molecule has 9 heteroatoms. The second-order valence-corrected chi connectivity index (χ2v) is 5.64. The molecule has 9 nitrogen and oxygen atoms in total. The molecule has 0 saturated heterocycles. The molecule has 0 fully saturated rings. The Kier molecular flexibility index (Phi) is 5.66. The van der Waals surface area contributed by atoms with Crippen LogP contribution in [0.3, 0.4) is 0 Å². The number of hydrogen-bond acceptors (Lipinski definition) is 7. The Morgan fingerprint density at radius 3 is 1.79 bits per heavy atom. The summed E-state index contributed by atoms with van der Waals surface area (Å²) >= 11 is 0. The van der Waals surface area contributed by atoms with Gasteiger partial charge in [0.25, 0.3) is 0 Å². The molecule has 142 valence electrons. The molecule has 2 amide bonds. The fraction of sp³-hybridized carbons (Fsp3) is 0.0526. The van der Waals surface area contributed by atoms with Gasteiger partial charge in [0.1, 0.15) is 5.75 Å². The van der Waals surface area contributed by atoms with Crippen molar-refractivity contribution in [3.8, 4) is 5.75 Å². The first-order valence-electron chi connectivity index (χ1n) is 8.12. The Morgan fingerprint density at radius 2 is 1.39 bits per heavy atom. The third-order valence-electron chi connectivity index (χ3n) is 3.54. The Balaban J connectivity index is 1.69. The molecule has 28 heavy (non-hydrogen) atoms. The standard InChI is InChI=1S/C19H16N4O5/c1-12-8-13(10-20-22-18(25)15-4-2-6-27-15)17(24)14(9-12)11-21-23-19(26)16-5-3-7-28-16/h2-11,24H,1H3,(H,22,25)(H,23,26)/b20-10+,21-11?. The molecule has 0 saturated carbocycles. The molecule has 3 rings (SSSR count). The maximum atomic E-state index is 11.8. The summed E-state index contributed by atoms with van der Waals surface area (Å²) in [4.78, 5) is 23.5. The third-order valence-corrected chi connectivity index (χ3v) is 3.54. The second kappa shape index (κ2) is 8.49. The molecular weight excluding hydrogens is 364 g/mol. The Morgan fingerprint density at radius 1 is 0.929 bits per heavy atom. The maximum absolute atomic E-state index is 11.8. The largest absolute Gasteiger partial charge is 0.507 e. The highest BCUT2D eigenvalue weighted by Crippen LogP contribution is 2.21. The number of hydrazone groups is 2. The predicted octanol–water partition coefficient (Wildman–Crippen LogP) is 2.41. The molecule has 1 aromatic carbocycles. The van der Waals surface area contributed by atoms with E-state index in [9.17, 15) is 14.7 Å². The summed E-state index contributed by atoms with van der Waals surface area (Å²) in [5.41, 5.74) is 6.13. The number of furan rings is 2. The summed E-state index contributed by atoms with van der Waals surface area (Å²) in [6.07, 6.45) is 5.34. The first-order chi connectivity index (χ1) is 13.5. The van der Waals surface area contributed by atoms with Crippen LogP contribution in [0.25, 0.3) is 0 Å². The minimum Gasteiger partial charge on any atom is -0.507 e. The molecule has 0 aliphatic heterocycles. The van der Waals surface area contributed by atoms with Crippen molar-refractivity contribution in [3.05, 3.63) is 77.1 Å². The van der Waals surface area contributed by atoms with E-state index < -0.39 is 11.8 Å². The van der Waals surface area contributed by atoms with Crippen molar-refractivity contribution < 1.29 is 23.5 Å². The van der Waals surface area contributed by atoms with Crippen LogP contribution in [-0.4, -0.2) is 29.4 Å². The quantitative estimate of drug-likeness (QED) is 0.447. The lowest BCUT2D eigenvalue weighted by molar-refractivity contribution is 0.0920. The Hall–Kier alpha value is -4.14. The highest BCUT2D eigenvalue weighted by Gasteiger charge is 2.09. The van der Waals surface area contributed by atoms with Gasteiger partial charge in [-0.25, -0.2) is 10.9 Å². The van der Waals surface area contributed by atoms with Crippen molar-refractivity contribution in [1.82, 2.24) is 10.9 Å². The maximum Gasteiger partial charge on any atom is 0.307 e. The van der Waals surface area contributed by atoms with Crippen molar-refractivity contribution >= 4 is 24.2 Å². The molecule has 0 bridgehead atoms. The zero-order valence-electron chi connectivity index (χ0n) is 14.7. The summed E-state index contributed by atoms with van der Waals surface area (Å²) in [5, 5.41) is 18.0. The molecule has 0 unspecified atom stereocenters. The van der Waals surface area contributed by atoms with Crippen LogP contribution in [0.4, 0.5) is 0 Å². The van der Waals surface area contributed by atoms with E-state index in [1.807, 2.05) is 6.92 Å². The van der Waals surface area contributed by atoms with E-state index in [1.54, 1.807) is 24.3 Å². The molecule has 0 aliphatic rings. The molecule has 3 aromatic rings. The average molecular weight is 380 g/mol. The van der Waals surface area contributed by atoms with Gasteiger partial charge < -0.3 is 13.9 Å². The van der Waals surface area contributed by atoms with Crippen LogP contribution in [0.5, 0.6) is 5.75 Å². The summed E-state index contributed by atoms with van der Waals surface area (Å²) in [5.74, 6) is -0.916. The fourth-order valence-electron chi connectivity index (χ4n) is 2.28. The number of benzene rings is 1. The van der Waals surface area contributed by atoms with E-state index in [4.69, 9.17) is 8.83 Å². The summed E-state index contributed by atoms with van der Waals surface area (Å²) < 4.78 is 9.91. The van der Waals surface area contributed by atoms with Crippen LogP contribution in [0.15, 0.2) is 68.0 Å². The number of hydrogen-bond donors (Lipinski definition) is 3. The number of aromatic hydroxyl groups is 1. The molecule has 0 atom stereocenters. The lowest BCUT2D eigenvalue weighted by atomic mass is 10.1. The molecular formula is C19H16N4O5. The van der Waals surface area contributed by atoms with Crippen LogP contribution in [0.2, 0.25) is 0 Å². The van der Waals surface area contributed by atoms with Gasteiger partial charge in [-0.15, -0.1) is 0 Å². The number of carbonyl (C=O) groups excluding carboxylic acids is 2. The van der Waals surface area contributed by atoms with Crippen LogP contribution in [0.1, 0.15) is 37.8 Å². The highest BCUT2D eigenvalue weighted by atomic mass is 16.3. The average Bonchev–Trinajstić information content (AvgIpc) is 3.38. The Labute approximate surface area is 159 Å². The first-order valence-corrected chi connectivity index (χ1v) is 8.12. The number of nitrogens with zero attached hydrogens (tertiary/aromatic N) is 2. The third kappa shape index (κ3) is 4.52. The van der Waals surface area contributed by atoms with Gasteiger partial charge in [-0.1, -0.05) is 0 Å². The van der Waals surface area contributed by atoms with Crippen molar-refractivity contribution in [1.29, 1.82) is 0 Å². The highest BCUT2D eigenvalue weighted by molar-refractivity contribution is 5.95. The molecule has 0 radical (unpaired) electrons. The monoisotopic (exact) mass is 380 g/mol. The van der Waals surface area contributed by atoms with Crippen LogP contribution >= 0.6 is 0 Å². The summed E-state index contributed by atoms with van der Waals surface area (Å²) in [6, 6.07) is 9.52. The topological polar surface area (TPSA) is 129 Å². The van der Waals surface area contributed by atoms with Crippen LogP contribution in [0, 0.1) is 6.92 Å². The van der Waals surface area contributed by atoms with Crippen molar-refractivity contribution in [3.63, 3.8) is 0 Å². The van der Waals surface area contributed by atoms with Crippen molar-refractivity contribution in [2.45, 2.75) is 6.92 Å². The number of carbonyl (C=O) groups is 2. The molecule has 3 N–H and O–H groups in total. The van der Waals surface area contributed by atoms with Gasteiger partial charge in [-0.2, -0.15) is 10.2 Å². The van der Waals surface area contributed by atoms with Crippen molar-refractivity contribution in [2.75, 3.05) is 0 Å². The summed E-state index contributed by atoms with van der Waals surface area (Å²) in [7, 11) is 0. The van der Waals surface area contributed by atoms with Gasteiger partial charge >= 0.3 is 11.8 Å². The molecule has 2 heterocycles. The zero-order valence-corrected chi connectivity index (χ0v) is 14.7. The normalized spacial score (nSPS) is 11.2. The number of nitrogens with one attached hydrogen (secondary N) is 2. The molecule has 2 aromatic heterocycles. The minimum atomic E-state index is -0.518. The van der Waals surface area contributed by atoms with Crippen LogP contribution < -0.4 is 10.9 Å². The van der Waals surface area contributed by atoms with Crippen LogP contribution in [-0.2, 0) is 0 Å². The zero-order chi connectivity index (χ0) is 19.9. The fourth-order valence-corrected chi connectivity index (χ4v) is 2.28. The van der Waals surface area contributed by atoms with E-state index >= 15 is 0 Å². The predicted molar refractivity (Wildman–Crippen MR) is 100 cm³/mol. The molecule has 0 spiro atoms. The van der Waals surface area contributed by atoms with E-state index in [2.05, 4.69) is 21.1 Å². The lowest BCUT2D eigenvalue weighted by Gasteiger charge is -2.05. The minimum absolute atomic E-state index is 0.113. The van der Waals surface area contributed by atoms with Crippen molar-refractivity contribution in [2.24, 2.45) is 10.2 Å². The number of rotatable bonds is 6. The second-order valence-electron chi connectivity index (χ2n) is 5.64. The van der Waals surface area contributed by atoms with Gasteiger partial charge in [-0.3, -0.25) is 9.59 Å². The first kappa shape index (κ1) is 18.6. The SMILES string of the molecule is Cc1cc(C=NNC(=O)c2ccco2)c(O)c(/C=N/NC(=O)c2ccco2)c1. The number of amides is 2. The lowest BCUT2D eigenvalue weighted by Crippen LogP contribution is -2.17. The van der Waals surface area contributed by atoms with Gasteiger partial charge in [-0.05, 0) is 48.9 Å². The number of aryl methyl sites for hydroxylation is 1. The van der Waals surface area contributed by atoms with Gasteiger partial charge in [0.05, 0.1) is 25.0 Å². The van der Waals surface area contributed by atoms with E-state index in [1.165, 1.54) is 37.1 Å². The van der Waals surface area contributed by atoms with E-state index in [0.717, 1.165) is 5.56 Å². The summed E-state index contributed by atoms with van der Waals surface area (Å²) in [6.45, 7) is 1.82. The Bertz CT molecular complexity index is 942. The number of phenols is 1. The van der Waals surface area contributed by atoms with Gasteiger partial charge in [0, 0.05) is 11.1 Å². The smallest absolute Gasteiger partial charge is 0.307 e. The van der Waals surface area contributed by atoms with Gasteiger partial charge in [0.2, 0.25) is 0 Å². The molecule has 0 aliphatic carbocycles. The van der Waals surface area contributed by atoms with E-state index in [0.29, 0.717) is 11.1 Å². The van der Waals surface area contributed by atoms with E-state index in [-0.39, 0.29) is 17.3 Å².